The van der Waals surface area contributed by atoms with E-state index in [0.717, 1.165) is 19.5 Å². The highest BCUT2D eigenvalue weighted by molar-refractivity contribution is 5.85. The molecule has 1 saturated heterocycles. The Kier molecular flexibility index (Phi) is 4.22. The van der Waals surface area contributed by atoms with E-state index in [-0.39, 0.29) is 18.3 Å². The first-order valence-corrected chi connectivity index (χ1v) is 7.21. The van der Waals surface area contributed by atoms with Crippen LogP contribution >= 0.6 is 12.4 Å². The number of carbonyl (C=O) groups excluding carboxylic acids is 1. The smallest absolute Gasteiger partial charge is 0.225 e. The molecule has 1 heterocycles. The minimum absolute atomic E-state index is 0. The van der Waals surface area contributed by atoms with Gasteiger partial charge in [-0.05, 0) is 43.4 Å². The molecule has 3 fully saturated rings. The van der Waals surface area contributed by atoms with Gasteiger partial charge in [0.2, 0.25) is 5.91 Å². The van der Waals surface area contributed by atoms with Crippen molar-refractivity contribution in [2.45, 2.75) is 45.1 Å². The summed E-state index contributed by atoms with van der Waals surface area (Å²) in [4.78, 5) is 14.5. The summed E-state index contributed by atoms with van der Waals surface area (Å²) in [6, 6.07) is 0.336. The highest BCUT2D eigenvalue weighted by Crippen LogP contribution is 2.40. The van der Waals surface area contributed by atoms with Crippen molar-refractivity contribution in [1.82, 2.24) is 4.90 Å². The van der Waals surface area contributed by atoms with E-state index in [2.05, 4.69) is 11.8 Å². The van der Waals surface area contributed by atoms with Crippen LogP contribution in [0.2, 0.25) is 0 Å². The number of halogens is 1. The lowest BCUT2D eigenvalue weighted by molar-refractivity contribution is -0.134. The molecule has 4 heteroatoms. The van der Waals surface area contributed by atoms with Gasteiger partial charge >= 0.3 is 0 Å². The second kappa shape index (κ2) is 5.38. The highest BCUT2D eigenvalue weighted by atomic mass is 35.5. The van der Waals surface area contributed by atoms with Crippen LogP contribution in [0.1, 0.15) is 39.0 Å². The first kappa shape index (κ1) is 14.1. The maximum absolute atomic E-state index is 12.4. The van der Waals surface area contributed by atoms with E-state index in [1.54, 1.807) is 0 Å². The third kappa shape index (κ3) is 2.53. The molecule has 0 bridgehead atoms. The fraction of sp³-hybridized carbons (Fsp3) is 0.929. The Morgan fingerprint density at radius 3 is 2.56 bits per heavy atom. The number of nitrogens with two attached hydrogens (primary N) is 1. The fourth-order valence-electron chi connectivity index (χ4n) is 3.78. The van der Waals surface area contributed by atoms with Gasteiger partial charge in [-0.1, -0.05) is 13.3 Å². The maximum atomic E-state index is 12.4. The van der Waals surface area contributed by atoms with Crippen molar-refractivity contribution in [1.29, 1.82) is 0 Å². The van der Waals surface area contributed by atoms with Gasteiger partial charge in [-0.3, -0.25) is 4.79 Å². The van der Waals surface area contributed by atoms with Crippen LogP contribution in [0.4, 0.5) is 0 Å². The molecule has 3 rings (SSSR count). The summed E-state index contributed by atoms with van der Waals surface area (Å²) >= 11 is 0. The molecule has 2 aliphatic carbocycles. The maximum Gasteiger partial charge on any atom is 0.225 e. The van der Waals surface area contributed by atoms with Crippen molar-refractivity contribution >= 4 is 18.3 Å². The third-order valence-electron chi connectivity index (χ3n) is 5.18. The predicted molar refractivity (Wildman–Crippen MR) is 74.5 cm³/mol. The van der Waals surface area contributed by atoms with Crippen LogP contribution in [0.25, 0.3) is 0 Å². The molecule has 0 radical (unpaired) electrons. The topological polar surface area (TPSA) is 46.3 Å². The van der Waals surface area contributed by atoms with E-state index in [1.807, 2.05) is 0 Å². The first-order valence-electron chi connectivity index (χ1n) is 7.21. The number of likely N-dealkylation sites (tertiary alicyclic amines) is 1. The lowest BCUT2D eigenvalue weighted by Gasteiger charge is -2.29. The monoisotopic (exact) mass is 272 g/mol. The molecule has 4 unspecified atom stereocenters. The van der Waals surface area contributed by atoms with E-state index in [1.165, 1.54) is 25.7 Å². The normalized spacial score (nSPS) is 36.8. The number of amides is 1. The van der Waals surface area contributed by atoms with Gasteiger partial charge in [0.1, 0.15) is 0 Å². The van der Waals surface area contributed by atoms with Crippen molar-refractivity contribution in [3.05, 3.63) is 0 Å². The molecule has 1 amide bonds. The average Bonchev–Trinajstić information content (AvgIpc) is 3.07. The predicted octanol–water partition coefficient (Wildman–Crippen LogP) is 2.04. The molecular formula is C14H25ClN2O. The second-order valence-corrected chi connectivity index (χ2v) is 6.39. The minimum atomic E-state index is 0. The van der Waals surface area contributed by atoms with E-state index >= 15 is 0 Å². The molecule has 2 N–H and O–H groups in total. The molecule has 0 aromatic carbocycles. The zero-order valence-electron chi connectivity index (χ0n) is 11.2. The molecule has 2 saturated carbocycles. The van der Waals surface area contributed by atoms with Crippen LogP contribution in [0.3, 0.4) is 0 Å². The molecule has 0 aromatic heterocycles. The Morgan fingerprint density at radius 2 is 1.94 bits per heavy atom. The summed E-state index contributed by atoms with van der Waals surface area (Å²) in [5.74, 6) is 2.60. The Morgan fingerprint density at radius 1 is 1.22 bits per heavy atom. The zero-order valence-corrected chi connectivity index (χ0v) is 12.0. The Labute approximate surface area is 116 Å². The molecule has 3 aliphatic rings. The number of rotatable bonds is 2. The van der Waals surface area contributed by atoms with Gasteiger partial charge in [-0.25, -0.2) is 0 Å². The molecule has 3 nitrogen and oxygen atoms in total. The van der Waals surface area contributed by atoms with Crippen LogP contribution in [-0.2, 0) is 4.79 Å². The summed E-state index contributed by atoms with van der Waals surface area (Å²) in [6.45, 7) is 4.03. The summed E-state index contributed by atoms with van der Waals surface area (Å²) in [7, 11) is 0. The van der Waals surface area contributed by atoms with E-state index in [0.29, 0.717) is 29.7 Å². The van der Waals surface area contributed by atoms with Gasteiger partial charge in [0.25, 0.3) is 0 Å². The van der Waals surface area contributed by atoms with Crippen LogP contribution in [-0.4, -0.2) is 29.9 Å². The van der Waals surface area contributed by atoms with Crippen LogP contribution in [0, 0.1) is 23.7 Å². The van der Waals surface area contributed by atoms with Crippen molar-refractivity contribution < 1.29 is 4.79 Å². The first-order chi connectivity index (χ1) is 8.16. The van der Waals surface area contributed by atoms with Crippen molar-refractivity contribution in [3.63, 3.8) is 0 Å². The van der Waals surface area contributed by atoms with Gasteiger partial charge in [0, 0.05) is 25.0 Å². The largest absolute Gasteiger partial charge is 0.342 e. The molecule has 0 spiro atoms. The molecule has 104 valence electrons. The van der Waals surface area contributed by atoms with Gasteiger partial charge in [-0.15, -0.1) is 12.4 Å². The second-order valence-electron chi connectivity index (χ2n) is 6.39. The number of nitrogens with zero attached hydrogens (tertiary/aromatic N) is 1. The fourth-order valence-corrected chi connectivity index (χ4v) is 3.78. The van der Waals surface area contributed by atoms with Gasteiger partial charge in [0.05, 0.1) is 0 Å². The van der Waals surface area contributed by atoms with E-state index in [4.69, 9.17) is 5.73 Å². The number of carbonyl (C=O) groups is 1. The molecule has 0 aromatic rings. The van der Waals surface area contributed by atoms with Gasteiger partial charge in [0.15, 0.2) is 0 Å². The van der Waals surface area contributed by atoms with Crippen molar-refractivity contribution in [2.75, 3.05) is 13.1 Å². The standard InChI is InChI=1S/C14H24N2O.ClH/c1-9(10-5-6-10)14(17)16-7-11-3-2-4-13(15)12(11)8-16;/h9-13H,2-8,15H2,1H3;1H. The van der Waals surface area contributed by atoms with Gasteiger partial charge in [-0.2, -0.15) is 0 Å². The van der Waals surface area contributed by atoms with Gasteiger partial charge < -0.3 is 10.6 Å². The quantitative estimate of drug-likeness (QED) is 0.836. The average molecular weight is 273 g/mol. The third-order valence-corrected chi connectivity index (χ3v) is 5.18. The van der Waals surface area contributed by atoms with Crippen molar-refractivity contribution in [2.24, 2.45) is 29.4 Å². The van der Waals surface area contributed by atoms with E-state index < -0.39 is 0 Å². The van der Waals surface area contributed by atoms with Crippen LogP contribution in [0.15, 0.2) is 0 Å². The summed E-state index contributed by atoms with van der Waals surface area (Å²) in [6.07, 6.45) is 6.20. The lowest BCUT2D eigenvalue weighted by atomic mass is 9.78. The Bertz CT molecular complexity index is 319. The molecule has 1 aliphatic heterocycles. The molecular weight excluding hydrogens is 248 g/mol. The SMILES string of the molecule is CC(C(=O)N1CC2CCCC(N)C2C1)C1CC1.Cl. The summed E-state index contributed by atoms with van der Waals surface area (Å²) in [5.41, 5.74) is 6.19. The summed E-state index contributed by atoms with van der Waals surface area (Å²) < 4.78 is 0. The molecule has 18 heavy (non-hydrogen) atoms. The number of hydrogen-bond acceptors (Lipinski definition) is 2. The number of fused-ring (bicyclic) bond motifs is 1. The van der Waals surface area contributed by atoms with Crippen LogP contribution < -0.4 is 5.73 Å². The number of hydrogen-bond donors (Lipinski definition) is 1. The summed E-state index contributed by atoms with van der Waals surface area (Å²) in [5, 5.41) is 0. The lowest BCUT2D eigenvalue weighted by Crippen LogP contribution is -2.39. The molecule has 4 atom stereocenters. The zero-order chi connectivity index (χ0) is 12.0. The van der Waals surface area contributed by atoms with Crippen LogP contribution in [0.5, 0.6) is 0 Å². The van der Waals surface area contributed by atoms with E-state index in [9.17, 15) is 4.79 Å². The highest BCUT2D eigenvalue weighted by Gasteiger charge is 2.43. The Balaban J connectivity index is 0.00000120. The van der Waals surface area contributed by atoms with Crippen molar-refractivity contribution in [3.8, 4) is 0 Å². The Hall–Kier alpha value is -0.280. The minimum Gasteiger partial charge on any atom is -0.342 e.